The Kier molecular flexibility index (Phi) is 12.7. The number of piperidine rings is 1. The zero-order chi connectivity index (χ0) is 18.6. The maximum atomic E-state index is 5.62. The summed E-state index contributed by atoms with van der Waals surface area (Å²) >= 11 is 0. The van der Waals surface area contributed by atoms with Gasteiger partial charge in [-0.2, -0.15) is 0 Å². The van der Waals surface area contributed by atoms with Crippen molar-refractivity contribution < 1.29 is 4.74 Å². The van der Waals surface area contributed by atoms with Crippen LogP contribution in [0.2, 0.25) is 0 Å². The van der Waals surface area contributed by atoms with Crippen LogP contribution < -0.4 is 10.6 Å². The van der Waals surface area contributed by atoms with Crippen molar-refractivity contribution in [2.45, 2.75) is 45.7 Å². The molecule has 0 aliphatic carbocycles. The smallest absolute Gasteiger partial charge is 0.191 e. The van der Waals surface area contributed by atoms with Crippen LogP contribution >= 0.6 is 24.0 Å². The van der Waals surface area contributed by atoms with E-state index in [0.29, 0.717) is 12.0 Å². The number of rotatable bonds is 9. The predicted molar refractivity (Wildman–Crippen MR) is 125 cm³/mol. The van der Waals surface area contributed by atoms with E-state index in [1.54, 1.807) is 0 Å². The monoisotopic (exact) mass is 488 g/mol. The molecule has 0 aromatic heterocycles. The van der Waals surface area contributed by atoms with E-state index in [1.807, 2.05) is 7.05 Å². The third-order valence-corrected chi connectivity index (χ3v) is 4.61. The van der Waals surface area contributed by atoms with E-state index in [4.69, 9.17) is 4.74 Å². The molecule has 0 bridgehead atoms. The third-order valence-electron chi connectivity index (χ3n) is 4.61. The highest BCUT2D eigenvalue weighted by Gasteiger charge is 2.19. The van der Waals surface area contributed by atoms with E-state index < -0.39 is 0 Å². The molecule has 1 aliphatic rings. The van der Waals surface area contributed by atoms with Gasteiger partial charge in [0.25, 0.3) is 0 Å². The number of ether oxygens (including phenoxy) is 1. The fourth-order valence-corrected chi connectivity index (χ4v) is 3.17. The Morgan fingerprint density at radius 1 is 1.22 bits per heavy atom. The van der Waals surface area contributed by atoms with Gasteiger partial charge >= 0.3 is 0 Å². The Morgan fingerprint density at radius 3 is 2.56 bits per heavy atom. The molecule has 1 aliphatic heterocycles. The molecule has 5 nitrogen and oxygen atoms in total. The van der Waals surface area contributed by atoms with E-state index in [2.05, 4.69) is 64.7 Å². The molecule has 6 heteroatoms. The second-order valence-corrected chi connectivity index (χ2v) is 7.50. The zero-order valence-electron chi connectivity index (χ0n) is 17.1. The molecule has 0 saturated carbocycles. The Morgan fingerprint density at radius 2 is 1.93 bits per heavy atom. The Balaban J connectivity index is 0.00000364. The number of guanidine groups is 1. The lowest BCUT2D eigenvalue weighted by Gasteiger charge is -2.33. The van der Waals surface area contributed by atoms with Crippen molar-refractivity contribution in [3.05, 3.63) is 35.9 Å². The summed E-state index contributed by atoms with van der Waals surface area (Å²) in [6, 6.07) is 11.2. The highest BCUT2D eigenvalue weighted by atomic mass is 127. The van der Waals surface area contributed by atoms with Gasteiger partial charge in [-0.15, -0.1) is 24.0 Å². The summed E-state index contributed by atoms with van der Waals surface area (Å²) in [6.45, 7) is 10.2. The van der Waals surface area contributed by atoms with Crippen molar-refractivity contribution in [2.24, 2.45) is 10.9 Å². The van der Waals surface area contributed by atoms with Crippen LogP contribution in [0, 0.1) is 5.92 Å². The minimum Gasteiger partial charge on any atom is -0.381 e. The second kappa shape index (κ2) is 14.2. The van der Waals surface area contributed by atoms with Crippen LogP contribution in [0.1, 0.15) is 38.7 Å². The molecule has 0 spiro atoms. The summed E-state index contributed by atoms with van der Waals surface area (Å²) < 4.78 is 5.62. The molecule has 27 heavy (non-hydrogen) atoms. The standard InChI is InChI=1S/C21H36N4O.HI/c1-18(2)17-26-15-7-12-23-21(22-3)24-20-10-13-25(14-11-20)16-19-8-5-4-6-9-19;/h4-6,8-9,18,20H,7,10-17H2,1-3H3,(H2,22,23,24);1H. The van der Waals surface area contributed by atoms with Crippen LogP contribution in [0.4, 0.5) is 0 Å². The molecule has 2 rings (SSSR count). The average molecular weight is 488 g/mol. The topological polar surface area (TPSA) is 48.9 Å². The molecule has 0 radical (unpaired) electrons. The number of nitrogens with zero attached hydrogens (tertiary/aromatic N) is 2. The van der Waals surface area contributed by atoms with Crippen LogP contribution in [0.15, 0.2) is 35.3 Å². The lowest BCUT2D eigenvalue weighted by atomic mass is 10.0. The first-order valence-electron chi connectivity index (χ1n) is 9.98. The quantitative estimate of drug-likeness (QED) is 0.242. The first-order chi connectivity index (χ1) is 12.7. The van der Waals surface area contributed by atoms with Crippen LogP contribution in [0.5, 0.6) is 0 Å². The van der Waals surface area contributed by atoms with Gasteiger partial charge in [0.1, 0.15) is 0 Å². The molecule has 1 aromatic carbocycles. The number of halogens is 1. The number of likely N-dealkylation sites (tertiary alicyclic amines) is 1. The second-order valence-electron chi connectivity index (χ2n) is 7.50. The first kappa shape index (κ1) is 24.2. The molecule has 1 heterocycles. The van der Waals surface area contributed by atoms with Gasteiger partial charge in [-0.1, -0.05) is 44.2 Å². The lowest BCUT2D eigenvalue weighted by molar-refractivity contribution is 0.108. The highest BCUT2D eigenvalue weighted by molar-refractivity contribution is 14.0. The molecule has 1 aromatic rings. The van der Waals surface area contributed by atoms with Crippen molar-refractivity contribution in [3.63, 3.8) is 0 Å². The number of hydrogen-bond donors (Lipinski definition) is 2. The maximum absolute atomic E-state index is 5.62. The molecule has 154 valence electrons. The summed E-state index contributed by atoms with van der Waals surface area (Å²) in [5.74, 6) is 1.51. The van der Waals surface area contributed by atoms with Gasteiger partial charge in [-0.3, -0.25) is 9.89 Å². The van der Waals surface area contributed by atoms with Crippen molar-refractivity contribution in [1.82, 2.24) is 15.5 Å². The fourth-order valence-electron chi connectivity index (χ4n) is 3.17. The summed E-state index contributed by atoms with van der Waals surface area (Å²) in [7, 11) is 1.84. The number of nitrogens with one attached hydrogen (secondary N) is 2. The van der Waals surface area contributed by atoms with Crippen LogP contribution in [-0.2, 0) is 11.3 Å². The van der Waals surface area contributed by atoms with Gasteiger partial charge in [-0.05, 0) is 30.7 Å². The predicted octanol–water partition coefficient (Wildman–Crippen LogP) is 3.50. The van der Waals surface area contributed by atoms with Gasteiger partial charge in [0, 0.05) is 52.5 Å². The molecule has 0 unspecified atom stereocenters. The summed E-state index contributed by atoms with van der Waals surface area (Å²) in [5, 5.41) is 6.97. The van der Waals surface area contributed by atoms with E-state index in [-0.39, 0.29) is 24.0 Å². The number of benzene rings is 1. The summed E-state index contributed by atoms with van der Waals surface area (Å²) in [5.41, 5.74) is 1.40. The normalized spacial score (nSPS) is 16.2. The van der Waals surface area contributed by atoms with Crippen LogP contribution in [-0.4, -0.2) is 56.8 Å². The van der Waals surface area contributed by atoms with Gasteiger partial charge in [0.2, 0.25) is 0 Å². The van der Waals surface area contributed by atoms with Gasteiger partial charge < -0.3 is 15.4 Å². The molecule has 0 amide bonds. The largest absolute Gasteiger partial charge is 0.381 e. The molecular formula is C21H37IN4O. The van der Waals surface area contributed by atoms with Gasteiger partial charge in [0.15, 0.2) is 5.96 Å². The molecule has 2 N–H and O–H groups in total. The zero-order valence-corrected chi connectivity index (χ0v) is 19.4. The molecule has 1 saturated heterocycles. The SMILES string of the molecule is CN=C(NCCCOCC(C)C)NC1CCN(Cc2ccccc2)CC1.I. The van der Waals surface area contributed by atoms with Crippen molar-refractivity contribution >= 4 is 29.9 Å². The Labute approximate surface area is 182 Å². The first-order valence-corrected chi connectivity index (χ1v) is 9.98. The van der Waals surface area contributed by atoms with E-state index in [0.717, 1.165) is 64.6 Å². The van der Waals surface area contributed by atoms with E-state index in [1.165, 1.54) is 5.56 Å². The average Bonchev–Trinajstić information content (AvgIpc) is 2.65. The molecule has 0 atom stereocenters. The van der Waals surface area contributed by atoms with Crippen molar-refractivity contribution in [2.75, 3.05) is 39.9 Å². The summed E-state index contributed by atoms with van der Waals surface area (Å²) in [4.78, 5) is 6.89. The fraction of sp³-hybridized carbons (Fsp3) is 0.667. The molecule has 1 fully saturated rings. The van der Waals surface area contributed by atoms with Crippen molar-refractivity contribution in [1.29, 1.82) is 0 Å². The number of hydrogen-bond acceptors (Lipinski definition) is 3. The Hall–Kier alpha value is -0.860. The minimum atomic E-state index is 0. The minimum absolute atomic E-state index is 0. The van der Waals surface area contributed by atoms with Gasteiger partial charge in [0.05, 0.1) is 0 Å². The van der Waals surface area contributed by atoms with Crippen molar-refractivity contribution in [3.8, 4) is 0 Å². The highest BCUT2D eigenvalue weighted by Crippen LogP contribution is 2.13. The van der Waals surface area contributed by atoms with E-state index >= 15 is 0 Å². The van der Waals surface area contributed by atoms with Crippen LogP contribution in [0.25, 0.3) is 0 Å². The number of aliphatic imine (C=N–C) groups is 1. The van der Waals surface area contributed by atoms with Gasteiger partial charge in [-0.25, -0.2) is 0 Å². The Bertz CT molecular complexity index is 516. The lowest BCUT2D eigenvalue weighted by Crippen LogP contribution is -2.48. The summed E-state index contributed by atoms with van der Waals surface area (Å²) in [6.07, 6.45) is 3.32. The third kappa shape index (κ3) is 10.3. The van der Waals surface area contributed by atoms with Crippen LogP contribution in [0.3, 0.4) is 0 Å². The maximum Gasteiger partial charge on any atom is 0.191 e. The molecular weight excluding hydrogens is 451 g/mol. The van der Waals surface area contributed by atoms with E-state index in [9.17, 15) is 0 Å².